The van der Waals surface area contributed by atoms with Crippen molar-refractivity contribution in [2.45, 2.75) is 45.8 Å². The number of aromatic nitrogens is 3. The SMILES string of the molecule is Cc1cc(OCC(O)CNc2cc[nH]c(=O)c2-c2nc3cc4c(cc3[nH]2)C(=O)N(C2CCN(C)CC2)C4=O)cc(C)c1C. The molecule has 43 heavy (non-hydrogen) atoms. The number of ether oxygens (including phenoxy) is 1. The number of imidazole rings is 1. The van der Waals surface area contributed by atoms with Crippen molar-refractivity contribution >= 4 is 28.5 Å². The van der Waals surface area contributed by atoms with E-state index in [2.05, 4.69) is 32.1 Å². The largest absolute Gasteiger partial charge is 0.491 e. The van der Waals surface area contributed by atoms with Crippen LogP contribution >= 0.6 is 0 Å². The lowest BCUT2D eigenvalue weighted by Crippen LogP contribution is -2.46. The molecule has 0 spiro atoms. The molecular weight excluding hydrogens is 548 g/mol. The van der Waals surface area contributed by atoms with Crippen molar-refractivity contribution in [1.29, 1.82) is 0 Å². The molecule has 2 aliphatic heterocycles. The molecule has 0 aliphatic carbocycles. The van der Waals surface area contributed by atoms with Gasteiger partial charge in [0.1, 0.15) is 29.8 Å². The number of hydrogen-bond donors (Lipinski definition) is 4. The number of nitrogens with one attached hydrogen (secondary N) is 3. The minimum Gasteiger partial charge on any atom is -0.491 e. The Morgan fingerprint density at radius 1 is 1.05 bits per heavy atom. The Morgan fingerprint density at radius 2 is 1.72 bits per heavy atom. The summed E-state index contributed by atoms with van der Waals surface area (Å²) in [7, 11) is 2.04. The van der Waals surface area contributed by atoms with Crippen molar-refractivity contribution in [3.8, 4) is 17.1 Å². The van der Waals surface area contributed by atoms with Gasteiger partial charge in [-0.1, -0.05) is 0 Å². The molecule has 6 rings (SSSR count). The van der Waals surface area contributed by atoms with Crippen LogP contribution in [0.25, 0.3) is 22.4 Å². The first-order valence-electron chi connectivity index (χ1n) is 14.6. The molecule has 4 N–H and O–H groups in total. The van der Waals surface area contributed by atoms with Crippen molar-refractivity contribution in [2.24, 2.45) is 0 Å². The van der Waals surface area contributed by atoms with Gasteiger partial charge in [0.25, 0.3) is 17.4 Å². The Kier molecular flexibility index (Phi) is 7.53. The average molecular weight is 585 g/mol. The Bertz CT molecular complexity index is 1710. The molecule has 2 aliphatic rings. The number of aliphatic hydroxyl groups excluding tert-OH is 1. The van der Waals surface area contributed by atoms with Crippen molar-refractivity contribution in [3.63, 3.8) is 0 Å². The fourth-order valence-corrected chi connectivity index (χ4v) is 5.89. The maximum absolute atomic E-state index is 13.3. The first-order valence-corrected chi connectivity index (χ1v) is 14.6. The van der Waals surface area contributed by atoms with E-state index in [0.717, 1.165) is 37.1 Å². The molecule has 2 aromatic heterocycles. The van der Waals surface area contributed by atoms with Crippen LogP contribution in [0.2, 0.25) is 0 Å². The van der Waals surface area contributed by atoms with Gasteiger partial charge in [0.15, 0.2) is 0 Å². The van der Waals surface area contributed by atoms with Gasteiger partial charge in [-0.3, -0.25) is 19.3 Å². The number of aliphatic hydroxyl groups is 1. The highest BCUT2D eigenvalue weighted by Gasteiger charge is 2.41. The number of aryl methyl sites for hydroxylation is 2. The highest BCUT2D eigenvalue weighted by Crippen LogP contribution is 2.32. The third kappa shape index (κ3) is 5.41. The second kappa shape index (κ2) is 11.3. The van der Waals surface area contributed by atoms with E-state index in [0.29, 0.717) is 33.6 Å². The van der Waals surface area contributed by atoms with E-state index in [1.54, 1.807) is 18.2 Å². The second-order valence-electron chi connectivity index (χ2n) is 11.6. The fraction of sp³-hybridized carbons (Fsp3) is 0.375. The lowest BCUT2D eigenvalue weighted by molar-refractivity contribution is 0.0516. The molecule has 4 heterocycles. The van der Waals surface area contributed by atoms with Crippen molar-refractivity contribution in [1.82, 2.24) is 24.8 Å². The predicted molar refractivity (Wildman–Crippen MR) is 164 cm³/mol. The number of carbonyl (C=O) groups excluding carboxylic acids is 2. The molecule has 1 fully saturated rings. The normalized spacial score (nSPS) is 16.6. The second-order valence-corrected chi connectivity index (χ2v) is 11.6. The molecule has 224 valence electrons. The standard InChI is InChI=1S/C32H36N6O5/c1-17-11-22(12-18(2)19(17)3)43-16-21(39)15-34-25-5-8-33-30(40)28(25)29-35-26-13-23-24(14-27(26)36-29)32(42)38(31(23)41)20-6-9-37(4)10-7-20/h5,8,11-14,20-21,39H,6-7,9-10,15-16H2,1-4H3,(H,35,36)(H2,33,34,40). The molecular formula is C32H36N6O5. The Morgan fingerprint density at radius 3 is 2.42 bits per heavy atom. The van der Waals surface area contributed by atoms with E-state index in [4.69, 9.17) is 4.74 Å². The van der Waals surface area contributed by atoms with Crippen molar-refractivity contribution in [3.05, 3.63) is 74.7 Å². The van der Waals surface area contributed by atoms with Gasteiger partial charge in [0, 0.05) is 18.8 Å². The van der Waals surface area contributed by atoms with E-state index in [1.165, 1.54) is 16.7 Å². The molecule has 0 radical (unpaired) electrons. The molecule has 4 aromatic rings. The average Bonchev–Trinajstić information content (AvgIpc) is 3.50. The van der Waals surface area contributed by atoms with E-state index < -0.39 is 6.10 Å². The molecule has 2 amide bonds. The Balaban J connectivity index is 1.19. The lowest BCUT2D eigenvalue weighted by Gasteiger charge is -2.33. The van der Waals surface area contributed by atoms with Gasteiger partial charge in [-0.25, -0.2) is 4.98 Å². The van der Waals surface area contributed by atoms with Gasteiger partial charge in [-0.05, 0) is 101 Å². The quantitative estimate of drug-likeness (QED) is 0.231. The Hall–Kier alpha value is -4.48. The highest BCUT2D eigenvalue weighted by atomic mass is 16.5. The topological polar surface area (TPSA) is 144 Å². The summed E-state index contributed by atoms with van der Waals surface area (Å²) in [5, 5.41) is 13.8. The third-order valence-electron chi connectivity index (χ3n) is 8.64. The van der Waals surface area contributed by atoms with Gasteiger partial charge in [-0.2, -0.15) is 0 Å². The van der Waals surface area contributed by atoms with E-state index in [1.807, 2.05) is 33.0 Å². The number of amides is 2. The zero-order chi connectivity index (χ0) is 30.4. The first kappa shape index (κ1) is 28.6. The first-order chi connectivity index (χ1) is 20.6. The van der Waals surface area contributed by atoms with Gasteiger partial charge >= 0.3 is 0 Å². The number of carbonyl (C=O) groups is 2. The summed E-state index contributed by atoms with van der Waals surface area (Å²) in [6, 6.07) is 8.74. The number of likely N-dealkylation sites (tertiary alicyclic amines) is 1. The van der Waals surface area contributed by atoms with E-state index >= 15 is 0 Å². The number of H-pyrrole nitrogens is 2. The monoisotopic (exact) mass is 584 g/mol. The Labute approximate surface area is 248 Å². The van der Waals surface area contributed by atoms with E-state index in [-0.39, 0.29) is 48.0 Å². The van der Waals surface area contributed by atoms with Crippen LogP contribution in [0, 0.1) is 20.8 Å². The summed E-state index contributed by atoms with van der Waals surface area (Å²) < 4.78 is 5.82. The summed E-state index contributed by atoms with van der Waals surface area (Å²) in [6.45, 7) is 7.97. The summed E-state index contributed by atoms with van der Waals surface area (Å²) >= 11 is 0. The van der Waals surface area contributed by atoms with Crippen LogP contribution in [0.3, 0.4) is 0 Å². The smallest absolute Gasteiger partial charge is 0.261 e. The zero-order valence-electron chi connectivity index (χ0n) is 24.8. The van der Waals surface area contributed by atoms with Gasteiger partial charge in [0.2, 0.25) is 0 Å². The number of imide groups is 1. The number of benzene rings is 2. The minimum atomic E-state index is -0.850. The van der Waals surface area contributed by atoms with Crippen LogP contribution < -0.4 is 15.6 Å². The number of anilines is 1. The third-order valence-corrected chi connectivity index (χ3v) is 8.64. The lowest BCUT2D eigenvalue weighted by atomic mass is 10.0. The minimum absolute atomic E-state index is 0.0697. The molecule has 2 aromatic carbocycles. The van der Waals surface area contributed by atoms with Crippen molar-refractivity contribution < 1.29 is 19.4 Å². The van der Waals surface area contributed by atoms with Crippen LogP contribution in [0.4, 0.5) is 5.69 Å². The number of hydrogen-bond acceptors (Lipinski definition) is 8. The predicted octanol–water partition coefficient (Wildman–Crippen LogP) is 3.39. The number of rotatable bonds is 8. The molecule has 11 heteroatoms. The van der Waals surface area contributed by atoms with Crippen LogP contribution in [-0.4, -0.2) is 87.1 Å². The van der Waals surface area contributed by atoms with Gasteiger partial charge in [0.05, 0.1) is 27.8 Å². The van der Waals surface area contributed by atoms with Crippen molar-refractivity contribution in [2.75, 3.05) is 38.6 Å². The van der Waals surface area contributed by atoms with Crippen LogP contribution in [0.15, 0.2) is 41.3 Å². The summed E-state index contributed by atoms with van der Waals surface area (Å²) in [5.41, 5.74) is 5.49. The number of fused-ring (bicyclic) bond motifs is 2. The summed E-state index contributed by atoms with van der Waals surface area (Å²) in [4.78, 5) is 53.6. The number of aromatic amines is 2. The molecule has 0 saturated carbocycles. The molecule has 11 nitrogen and oxygen atoms in total. The summed E-state index contributed by atoms with van der Waals surface area (Å²) in [6.07, 6.45) is 2.17. The number of nitrogens with zero attached hydrogens (tertiary/aromatic N) is 3. The zero-order valence-corrected chi connectivity index (χ0v) is 24.8. The van der Waals surface area contributed by atoms with Crippen LogP contribution in [-0.2, 0) is 0 Å². The van der Waals surface area contributed by atoms with Crippen LogP contribution in [0.5, 0.6) is 5.75 Å². The van der Waals surface area contributed by atoms with Crippen LogP contribution in [0.1, 0.15) is 50.2 Å². The maximum atomic E-state index is 13.3. The van der Waals surface area contributed by atoms with Gasteiger partial charge in [-0.15, -0.1) is 0 Å². The molecule has 1 atom stereocenters. The molecule has 1 unspecified atom stereocenters. The van der Waals surface area contributed by atoms with Gasteiger partial charge < -0.3 is 30.0 Å². The molecule has 0 bridgehead atoms. The fourth-order valence-electron chi connectivity index (χ4n) is 5.89. The molecule has 1 saturated heterocycles. The number of pyridine rings is 1. The maximum Gasteiger partial charge on any atom is 0.261 e. The number of piperidine rings is 1. The van der Waals surface area contributed by atoms with E-state index in [9.17, 15) is 19.5 Å². The summed E-state index contributed by atoms with van der Waals surface area (Å²) in [5.74, 6) is 0.385. The highest BCUT2D eigenvalue weighted by molar-refractivity contribution is 6.23.